The Morgan fingerprint density at radius 1 is 1.27 bits per heavy atom. The third kappa shape index (κ3) is 5.28. The second kappa shape index (κ2) is 9.59. The molecule has 2 atom stereocenters. The van der Waals surface area contributed by atoms with Crippen LogP contribution in [0.15, 0.2) is 42.6 Å². The highest BCUT2D eigenvalue weighted by Crippen LogP contribution is 2.44. The lowest BCUT2D eigenvalue weighted by molar-refractivity contribution is 0.0396. The number of Topliss-reactive ketones (excluding diaryl/α,β-unsaturated/α-hetero) is 1. The van der Waals surface area contributed by atoms with E-state index < -0.39 is 11.1 Å². The standard InChI is InChI=1S/C28H30ClN3O5/c1-27(30)15-36-26-19(27)13-23(32-25(26)17-5-9-24(29)31-14-17)28(2,34)11-10-20(33)16-4-8-21(22(12-16)35-3)37-18-6-7-18/h4-5,8-9,12-14,18,34H,6-7,10-11,15,30H2,1-3H3. The summed E-state index contributed by atoms with van der Waals surface area (Å²) in [5.74, 6) is 1.59. The summed E-state index contributed by atoms with van der Waals surface area (Å²) in [4.78, 5) is 22.0. The number of hydrogen-bond acceptors (Lipinski definition) is 8. The van der Waals surface area contributed by atoms with E-state index in [2.05, 4.69) is 4.98 Å². The predicted molar refractivity (Wildman–Crippen MR) is 139 cm³/mol. The van der Waals surface area contributed by atoms with Crippen molar-refractivity contribution in [2.24, 2.45) is 5.73 Å². The first-order chi connectivity index (χ1) is 17.6. The summed E-state index contributed by atoms with van der Waals surface area (Å²) in [6.45, 7) is 3.80. The fraction of sp³-hybridized carbons (Fsp3) is 0.393. The third-order valence-corrected chi connectivity index (χ3v) is 7.02. The molecule has 0 spiro atoms. The maximum absolute atomic E-state index is 13.1. The van der Waals surface area contributed by atoms with Crippen LogP contribution in [-0.4, -0.2) is 40.7 Å². The molecule has 1 aliphatic carbocycles. The van der Waals surface area contributed by atoms with E-state index in [0.29, 0.717) is 44.9 Å². The number of methoxy groups -OCH3 is 1. The Labute approximate surface area is 220 Å². The van der Waals surface area contributed by atoms with Gasteiger partial charge in [-0.25, -0.2) is 9.97 Å². The molecule has 5 rings (SSSR count). The number of nitrogens with zero attached hydrogens (tertiary/aromatic N) is 2. The predicted octanol–water partition coefficient (Wildman–Crippen LogP) is 4.78. The van der Waals surface area contributed by atoms with E-state index in [0.717, 1.165) is 18.4 Å². The van der Waals surface area contributed by atoms with Gasteiger partial charge in [0.05, 0.1) is 24.4 Å². The summed E-state index contributed by atoms with van der Waals surface area (Å²) >= 11 is 5.97. The van der Waals surface area contributed by atoms with Gasteiger partial charge in [0.2, 0.25) is 0 Å². The summed E-state index contributed by atoms with van der Waals surface area (Å²) in [6, 6.07) is 10.4. The lowest BCUT2D eigenvalue weighted by atomic mass is 9.88. The fourth-order valence-corrected chi connectivity index (χ4v) is 4.44. The highest BCUT2D eigenvalue weighted by molar-refractivity contribution is 6.29. The zero-order chi connectivity index (χ0) is 26.4. The van der Waals surface area contributed by atoms with Crippen molar-refractivity contribution >= 4 is 17.4 Å². The number of fused-ring (bicyclic) bond motifs is 1. The minimum absolute atomic E-state index is 0.103. The number of ether oxygens (including phenoxy) is 3. The molecule has 37 heavy (non-hydrogen) atoms. The molecule has 0 bridgehead atoms. The Morgan fingerprint density at radius 2 is 2.05 bits per heavy atom. The van der Waals surface area contributed by atoms with Crippen molar-refractivity contribution in [2.45, 2.75) is 56.8 Å². The number of hydrogen-bond donors (Lipinski definition) is 2. The van der Waals surface area contributed by atoms with Crippen LogP contribution in [0.3, 0.4) is 0 Å². The number of carbonyl (C=O) groups is 1. The molecule has 8 nitrogen and oxygen atoms in total. The molecule has 3 N–H and O–H groups in total. The van der Waals surface area contributed by atoms with Crippen LogP contribution in [-0.2, 0) is 11.1 Å². The van der Waals surface area contributed by atoms with Gasteiger partial charge in [-0.3, -0.25) is 4.79 Å². The Morgan fingerprint density at radius 3 is 2.73 bits per heavy atom. The summed E-state index contributed by atoms with van der Waals surface area (Å²) in [7, 11) is 1.55. The van der Waals surface area contributed by atoms with Crippen LogP contribution >= 0.6 is 11.6 Å². The molecule has 0 amide bonds. The first-order valence-electron chi connectivity index (χ1n) is 12.3. The molecular formula is C28H30ClN3O5. The Hall–Kier alpha value is -3.20. The smallest absolute Gasteiger partial charge is 0.163 e. The van der Waals surface area contributed by atoms with E-state index in [1.165, 1.54) is 0 Å². The molecule has 1 aliphatic heterocycles. The van der Waals surface area contributed by atoms with Crippen LogP contribution in [0.2, 0.25) is 5.15 Å². The molecule has 9 heteroatoms. The van der Waals surface area contributed by atoms with Gasteiger partial charge in [0.1, 0.15) is 23.1 Å². The number of rotatable bonds is 9. The van der Waals surface area contributed by atoms with Crippen molar-refractivity contribution in [3.05, 3.63) is 64.6 Å². The number of aliphatic hydroxyl groups is 1. The van der Waals surface area contributed by atoms with Gasteiger partial charge in [0.25, 0.3) is 0 Å². The van der Waals surface area contributed by atoms with E-state index in [9.17, 15) is 9.90 Å². The molecule has 0 radical (unpaired) electrons. The van der Waals surface area contributed by atoms with Crippen LogP contribution < -0.4 is 19.9 Å². The zero-order valence-corrected chi connectivity index (χ0v) is 21.8. The normalized spacial score (nSPS) is 20.1. The van der Waals surface area contributed by atoms with Crippen LogP contribution in [0.5, 0.6) is 17.2 Å². The summed E-state index contributed by atoms with van der Waals surface area (Å²) in [5, 5.41) is 11.8. The number of carbonyl (C=O) groups excluding carboxylic acids is 1. The summed E-state index contributed by atoms with van der Waals surface area (Å²) in [6.07, 6.45) is 4.14. The second-order valence-corrected chi connectivity index (χ2v) is 10.6. The van der Waals surface area contributed by atoms with Crippen LogP contribution in [0.1, 0.15) is 61.1 Å². The minimum Gasteiger partial charge on any atom is -0.493 e. The molecule has 3 aromatic rings. The molecule has 194 valence electrons. The largest absolute Gasteiger partial charge is 0.493 e. The average Bonchev–Trinajstić information content (AvgIpc) is 3.64. The molecule has 2 aliphatic rings. The van der Waals surface area contributed by atoms with Gasteiger partial charge in [-0.2, -0.15) is 0 Å². The highest BCUT2D eigenvalue weighted by Gasteiger charge is 2.38. The van der Waals surface area contributed by atoms with Crippen molar-refractivity contribution in [3.8, 4) is 28.5 Å². The van der Waals surface area contributed by atoms with Crippen molar-refractivity contribution in [1.82, 2.24) is 9.97 Å². The summed E-state index contributed by atoms with van der Waals surface area (Å²) < 4.78 is 17.2. The van der Waals surface area contributed by atoms with Crippen LogP contribution in [0.4, 0.5) is 0 Å². The molecular weight excluding hydrogens is 494 g/mol. The third-order valence-electron chi connectivity index (χ3n) is 6.80. The second-order valence-electron chi connectivity index (χ2n) is 10.2. The van der Waals surface area contributed by atoms with Gasteiger partial charge in [-0.1, -0.05) is 11.6 Å². The van der Waals surface area contributed by atoms with Crippen molar-refractivity contribution in [3.63, 3.8) is 0 Å². The molecule has 2 unspecified atom stereocenters. The number of ketones is 1. The number of pyridine rings is 2. The Balaban J connectivity index is 1.40. The molecule has 1 saturated carbocycles. The van der Waals surface area contributed by atoms with E-state index in [4.69, 9.17) is 36.5 Å². The maximum Gasteiger partial charge on any atom is 0.163 e. The molecule has 1 fully saturated rings. The van der Waals surface area contributed by atoms with E-state index in [1.807, 2.05) is 6.92 Å². The van der Waals surface area contributed by atoms with E-state index in [-0.39, 0.29) is 31.3 Å². The number of nitrogens with two attached hydrogens (primary N) is 1. The molecule has 2 aromatic heterocycles. The van der Waals surface area contributed by atoms with Crippen LogP contribution in [0, 0.1) is 0 Å². The zero-order valence-electron chi connectivity index (χ0n) is 21.1. The van der Waals surface area contributed by atoms with Gasteiger partial charge in [0.15, 0.2) is 23.0 Å². The topological polar surface area (TPSA) is 117 Å². The lowest BCUT2D eigenvalue weighted by Gasteiger charge is -2.25. The maximum atomic E-state index is 13.1. The summed E-state index contributed by atoms with van der Waals surface area (Å²) in [5.41, 5.74) is 7.18. The fourth-order valence-electron chi connectivity index (χ4n) is 4.32. The Kier molecular flexibility index (Phi) is 6.60. The SMILES string of the molecule is COc1cc(C(=O)CCC(C)(O)c2cc3c(c(-c4ccc(Cl)nc4)n2)OCC3(C)N)ccc1OC1CC1. The number of halogens is 1. The van der Waals surface area contributed by atoms with Gasteiger partial charge >= 0.3 is 0 Å². The number of benzene rings is 1. The van der Waals surface area contributed by atoms with Crippen molar-refractivity contribution in [1.29, 1.82) is 0 Å². The van der Waals surface area contributed by atoms with Gasteiger partial charge < -0.3 is 25.1 Å². The molecule has 3 heterocycles. The quantitative estimate of drug-likeness (QED) is 0.304. The lowest BCUT2D eigenvalue weighted by Crippen LogP contribution is -2.35. The van der Waals surface area contributed by atoms with Gasteiger partial charge in [-0.05, 0) is 69.5 Å². The van der Waals surface area contributed by atoms with Crippen LogP contribution in [0.25, 0.3) is 11.3 Å². The van der Waals surface area contributed by atoms with Gasteiger partial charge in [0, 0.05) is 29.3 Å². The monoisotopic (exact) mass is 523 g/mol. The van der Waals surface area contributed by atoms with E-state index in [1.54, 1.807) is 56.6 Å². The minimum atomic E-state index is -1.41. The first kappa shape index (κ1) is 25.4. The number of aromatic nitrogens is 2. The van der Waals surface area contributed by atoms with E-state index >= 15 is 0 Å². The van der Waals surface area contributed by atoms with Gasteiger partial charge in [-0.15, -0.1) is 0 Å². The highest BCUT2D eigenvalue weighted by atomic mass is 35.5. The first-order valence-corrected chi connectivity index (χ1v) is 12.6. The molecule has 0 saturated heterocycles. The average molecular weight is 524 g/mol. The van der Waals surface area contributed by atoms with Crippen molar-refractivity contribution in [2.75, 3.05) is 13.7 Å². The van der Waals surface area contributed by atoms with Crippen molar-refractivity contribution < 1.29 is 24.1 Å². The molecule has 1 aromatic carbocycles. The Bertz CT molecular complexity index is 1340.